The van der Waals surface area contributed by atoms with Gasteiger partial charge in [-0.15, -0.1) is 0 Å². The van der Waals surface area contributed by atoms with E-state index in [1.807, 2.05) is 121 Å². The largest absolute Gasteiger partial charge is 0.455 e. The number of rotatable bonds is 12. The van der Waals surface area contributed by atoms with E-state index in [1.165, 1.54) is 5.39 Å². The summed E-state index contributed by atoms with van der Waals surface area (Å²) in [7, 11) is 0. The monoisotopic (exact) mass is 1780 g/mol. The van der Waals surface area contributed by atoms with E-state index in [2.05, 4.69) is 100 Å². The zero-order valence-corrected chi connectivity index (χ0v) is 72.2. The first-order chi connectivity index (χ1) is 84.5. The molecule has 135 heavy (non-hydrogen) atoms. The van der Waals surface area contributed by atoms with Crippen LogP contribution in [-0.4, -0.2) is 0 Å². The van der Waals surface area contributed by atoms with Crippen LogP contribution >= 0.6 is 0 Å². The van der Waals surface area contributed by atoms with Crippen molar-refractivity contribution in [1.29, 1.82) is 0 Å². The average molecular weight is 1780 g/mol. The topological polar surface area (TPSA) is 49.1 Å². The number of hydrogen-bond acceptors (Lipinski definition) is 6. The smallest absolute Gasteiger partial charge is 0.143 e. The summed E-state index contributed by atoms with van der Waals surface area (Å²) in [5.41, 5.74) is 3.57. The molecule has 3 aliphatic rings. The molecule has 6 heteroatoms. The second-order valence-electron chi connectivity index (χ2n) is 34.1. The molecular weight excluding hydrogens is 1640 g/mol. The highest BCUT2D eigenvalue weighted by Gasteiger charge is 2.42. The highest BCUT2D eigenvalue weighted by Crippen LogP contribution is 2.59. The summed E-state index contributed by atoms with van der Waals surface area (Å²) >= 11 is 0. The Hall–Kier alpha value is -16.8. The lowest BCUT2D eigenvalue weighted by Crippen LogP contribution is -2.16. The number of hydrogen-bond donors (Lipinski definition) is 0. The quantitative estimate of drug-likeness (QED) is 0.121. The summed E-state index contributed by atoms with van der Waals surface area (Å²) in [6.45, 7) is 6.28. The Labute approximate surface area is 846 Å². The second kappa shape index (κ2) is 31.8. The summed E-state index contributed by atoms with van der Waals surface area (Å²) in [5.74, 6) is 0. The van der Waals surface area contributed by atoms with Gasteiger partial charge in [0, 0.05) is 121 Å². The minimum atomic E-state index is -3.39. The molecule has 24 aromatic rings. The third-order valence-electron chi connectivity index (χ3n) is 25.6. The third-order valence-corrected chi connectivity index (χ3v) is 25.6. The summed E-state index contributed by atoms with van der Waals surface area (Å²) in [6, 6.07) is 36.2. The molecule has 0 saturated carbocycles. The van der Waals surface area contributed by atoms with Gasteiger partial charge in [0.2, 0.25) is 0 Å². The fraction of sp³-hybridized carbons (Fsp3) is 0.0698. The molecule has 0 bridgehead atoms. The molecular formula is C129H93N3O3. The van der Waals surface area contributed by atoms with Crippen LogP contribution < -0.4 is 14.7 Å². The molecule has 3 heterocycles. The summed E-state index contributed by atoms with van der Waals surface area (Å²) in [5, 5.41) is 3.88. The number of fused-ring (bicyclic) bond motifs is 24. The van der Waals surface area contributed by atoms with Crippen LogP contribution in [0.3, 0.4) is 0 Å². The Morgan fingerprint density at radius 2 is 0.652 bits per heavy atom. The number of benzene rings is 21. The Bertz CT molecular complexity index is 11600. The number of anilines is 9. The molecule has 3 aromatic heterocycles. The molecule has 0 radical (unpaired) electrons. The first-order valence-corrected chi connectivity index (χ1v) is 43.2. The lowest BCUT2D eigenvalue weighted by atomic mass is 9.82. The number of nitrogens with zero attached hydrogens (tertiary/aromatic N) is 3. The summed E-state index contributed by atoms with van der Waals surface area (Å²) < 4.78 is 409. The molecule has 0 saturated heterocycles. The van der Waals surface area contributed by atoms with Gasteiger partial charge in [-0.3, -0.25) is 0 Å². The van der Waals surface area contributed by atoms with Crippen LogP contribution in [-0.2, 0) is 16.2 Å². The third kappa shape index (κ3) is 13.4. The van der Waals surface area contributed by atoms with Crippen LogP contribution in [0.1, 0.15) is 135 Å². The van der Waals surface area contributed by atoms with Gasteiger partial charge in [0.1, 0.15) is 33.5 Å². The van der Waals surface area contributed by atoms with Crippen LogP contribution in [0.15, 0.2) is 467 Å². The number of furan rings is 3. The molecule has 1 unspecified atom stereocenters. The predicted octanol–water partition coefficient (Wildman–Crippen LogP) is 36.5. The van der Waals surface area contributed by atoms with Crippen LogP contribution in [0.25, 0.3) is 165 Å². The maximum absolute atomic E-state index is 9.97. The van der Waals surface area contributed by atoms with E-state index in [9.17, 15) is 16.4 Å². The Kier molecular flexibility index (Phi) is 11.0. The molecule has 0 aliphatic heterocycles. The maximum Gasteiger partial charge on any atom is 0.143 e. The highest BCUT2D eigenvalue weighted by atomic mass is 16.3. The van der Waals surface area contributed by atoms with Crippen molar-refractivity contribution in [2.45, 2.75) is 57.7 Å². The van der Waals surface area contributed by atoms with E-state index >= 15 is 0 Å². The molecule has 0 N–H and O–H groups in total. The Morgan fingerprint density at radius 1 is 0.215 bits per heavy atom. The van der Waals surface area contributed by atoms with Gasteiger partial charge in [0.05, 0.1) is 56.2 Å². The predicted molar refractivity (Wildman–Crippen MR) is 567 cm³/mol. The van der Waals surface area contributed by atoms with E-state index in [1.54, 1.807) is 21.9 Å². The van der Waals surface area contributed by atoms with E-state index in [-0.39, 0.29) is 57.1 Å². The van der Waals surface area contributed by atoms with Crippen molar-refractivity contribution in [1.82, 2.24) is 0 Å². The van der Waals surface area contributed by atoms with Gasteiger partial charge in [-0.05, 0) is 261 Å². The van der Waals surface area contributed by atoms with Gasteiger partial charge < -0.3 is 28.0 Å². The van der Waals surface area contributed by atoms with Gasteiger partial charge in [0.15, 0.2) is 0 Å². The minimum absolute atomic E-state index is 0.0743. The first kappa shape index (κ1) is 46.8. The molecule has 0 amide bonds. The fourth-order valence-corrected chi connectivity index (χ4v) is 19.0. The van der Waals surface area contributed by atoms with Crippen LogP contribution in [0, 0.1) is 0 Å². The molecule has 642 valence electrons. The van der Waals surface area contributed by atoms with Gasteiger partial charge in [-0.25, -0.2) is 0 Å². The molecule has 21 aromatic carbocycles. The van der Waals surface area contributed by atoms with Crippen LogP contribution in [0.5, 0.6) is 0 Å². The fourth-order valence-electron chi connectivity index (χ4n) is 19.0. The van der Waals surface area contributed by atoms with Crippen molar-refractivity contribution < 1.29 is 73.6 Å². The van der Waals surface area contributed by atoms with Gasteiger partial charge in [-0.1, -0.05) is 350 Å². The standard InChI is InChI=1S/3C43H31NO/c3*1-43(2)38-25-24-36-35-14-8-9-15-40(35)45-42(36)41(38)37-23-22-34(27-39(37)43)44(32-12-4-3-5-13-32)33-20-18-29(19-21-33)31-17-16-28-10-6-7-11-30(28)26-31/h3*3-27H,1-2H3/i1D3,3D,4D,5D,6D,7D,8D,9D,10D,11D,12D,13D,14D,15D,16D,17D,18D,19D,20D,21D,22D,23D,24D,25D,26D,27D;6D,7D,10D,11D,16D,17D,18D,19D,20D,21D,26D;3D,4D,5D,12D,13D. The molecule has 0 fully saturated rings. The maximum atomic E-state index is 9.97. The molecule has 0 spiro atoms. The first-order valence-electron chi connectivity index (χ1n) is 65.2. The molecule has 6 nitrogen and oxygen atoms in total. The van der Waals surface area contributed by atoms with Crippen molar-refractivity contribution >= 4 is 149 Å². The highest BCUT2D eigenvalue weighted by molar-refractivity contribution is 6.15. The van der Waals surface area contributed by atoms with Gasteiger partial charge in [0.25, 0.3) is 0 Å². The van der Waals surface area contributed by atoms with Crippen molar-refractivity contribution in [2.24, 2.45) is 0 Å². The van der Waals surface area contributed by atoms with Crippen molar-refractivity contribution in [3.8, 4) is 66.8 Å². The van der Waals surface area contributed by atoms with Crippen LogP contribution in [0.2, 0.25) is 0 Å². The van der Waals surface area contributed by atoms with Crippen LogP contribution in [0.4, 0.5) is 51.2 Å². The van der Waals surface area contributed by atoms with Gasteiger partial charge >= 0.3 is 0 Å². The SMILES string of the molecule is [2H]c1c([2H])c(N(c2ccccc2)c2ccc3c(c2)C(C)(C)c2ccc4c(oc5ccccc54)c2-3)c([2H])c([2H])c1-c1c([2H])c([2H])c2c([2H])c([2H])c([2H])c([2H])c2c1[2H].[2H]c1c([2H])c([2H])c(N(c2c([2H])c([2H])c(-c3c([2H])c([2H])c4c([2H])c([2H])c([2H])c([2H])c4c3[2H])c([2H])c2[2H])c2c([2H])c([2H])c3c(c2[2H])C(C)(C([2H])([2H])[2H])c2c([2H])c([2H])c4c(oc5c([2H])c([2H])c([2H])c([2H])c54)c2-3)c([2H])c1[2H].[2H]c1c([2H])c([2H])c(N(c2ccc(-c3ccc4ccccc4c3)cc2)c2ccc3c(c2)C(C)(C)c2ccc4c(oc5ccccc54)c2-3)c([2H])c1[2H]. The second-order valence-corrected chi connectivity index (χ2v) is 34.1. The van der Waals surface area contributed by atoms with Gasteiger partial charge in [-0.2, -0.15) is 0 Å². The van der Waals surface area contributed by atoms with Crippen molar-refractivity contribution in [3.05, 3.63) is 487 Å². The van der Waals surface area contributed by atoms with E-state index in [0.29, 0.717) is 27.6 Å². The zero-order chi connectivity index (χ0) is 129. The van der Waals surface area contributed by atoms with Crippen molar-refractivity contribution in [2.75, 3.05) is 14.7 Å². The average Bonchev–Trinajstić information content (AvgIpc) is 1.50. The summed E-state index contributed by atoms with van der Waals surface area (Å²) in [6.07, 6.45) is 0. The number of para-hydroxylation sites is 6. The van der Waals surface area contributed by atoms with E-state index in [4.69, 9.17) is 57.1 Å². The normalized spacial score (nSPS) is 18.7. The lowest BCUT2D eigenvalue weighted by Gasteiger charge is -2.28. The zero-order valence-electron chi connectivity index (χ0n) is 116. The van der Waals surface area contributed by atoms with Crippen molar-refractivity contribution in [3.63, 3.8) is 0 Å². The molecule has 27 rings (SSSR count). The molecule has 3 aliphatic carbocycles. The van der Waals surface area contributed by atoms with E-state index < -0.39 is 330 Å². The minimum Gasteiger partial charge on any atom is -0.455 e. The lowest BCUT2D eigenvalue weighted by molar-refractivity contribution is 0.653. The summed E-state index contributed by atoms with van der Waals surface area (Å²) in [4.78, 5) is 3.84. The Balaban J connectivity index is 0.000000135. The van der Waals surface area contributed by atoms with E-state index in [0.717, 1.165) is 112 Å². The molecule has 1 atom stereocenters. The Morgan fingerprint density at radius 3 is 1.21 bits per heavy atom.